The molecule has 1 aromatic rings. The van der Waals surface area contributed by atoms with Crippen molar-refractivity contribution in [2.75, 3.05) is 6.61 Å². The van der Waals surface area contributed by atoms with E-state index in [-0.39, 0.29) is 5.41 Å². The van der Waals surface area contributed by atoms with Gasteiger partial charge in [0.05, 0.1) is 18.1 Å². The highest BCUT2D eigenvalue weighted by molar-refractivity contribution is 6.31. The molecule has 0 heterocycles. The van der Waals surface area contributed by atoms with E-state index in [1.54, 1.807) is 0 Å². The second-order valence-electron chi connectivity index (χ2n) is 6.32. The number of nitrogens with zero attached hydrogens (tertiary/aromatic N) is 1. The monoisotopic (exact) mass is 306 g/mol. The number of halogens is 1. The molecule has 1 fully saturated rings. The number of ether oxygens (including phenoxy) is 1. The molecule has 1 N–H and O–H groups in total. The number of nitriles is 1. The molecule has 3 nitrogen and oxygen atoms in total. The van der Waals surface area contributed by atoms with Gasteiger partial charge in [0.2, 0.25) is 0 Å². The molecule has 0 unspecified atom stereocenters. The molecule has 1 saturated carbocycles. The molecule has 0 bridgehead atoms. The van der Waals surface area contributed by atoms with Gasteiger partial charge in [-0.1, -0.05) is 17.7 Å². The SMILES string of the molecule is CC(C)(C#N)CCCOc1cccc(Cl)c1CNC1CC1. The van der Waals surface area contributed by atoms with Gasteiger partial charge in [0.1, 0.15) is 5.75 Å². The van der Waals surface area contributed by atoms with Gasteiger partial charge in [-0.2, -0.15) is 5.26 Å². The lowest BCUT2D eigenvalue weighted by Gasteiger charge is -2.16. The van der Waals surface area contributed by atoms with Crippen LogP contribution < -0.4 is 10.1 Å². The zero-order valence-electron chi connectivity index (χ0n) is 12.8. The molecule has 0 radical (unpaired) electrons. The van der Waals surface area contributed by atoms with Crippen LogP contribution in [0.3, 0.4) is 0 Å². The summed E-state index contributed by atoms with van der Waals surface area (Å²) in [6.07, 6.45) is 4.20. The molecule has 21 heavy (non-hydrogen) atoms. The van der Waals surface area contributed by atoms with Crippen LogP contribution in [0.15, 0.2) is 18.2 Å². The van der Waals surface area contributed by atoms with Gasteiger partial charge in [-0.15, -0.1) is 0 Å². The number of benzene rings is 1. The molecule has 0 amide bonds. The van der Waals surface area contributed by atoms with E-state index in [1.165, 1.54) is 12.8 Å². The standard InChI is InChI=1S/C17H23ClN2O/c1-17(2,12-19)9-4-10-21-16-6-3-5-15(18)14(16)11-20-13-7-8-13/h3,5-6,13,20H,4,7-11H2,1-2H3. The molecule has 0 atom stereocenters. The van der Waals surface area contributed by atoms with Crippen LogP contribution in [-0.4, -0.2) is 12.6 Å². The summed E-state index contributed by atoms with van der Waals surface area (Å²) >= 11 is 6.28. The van der Waals surface area contributed by atoms with E-state index in [9.17, 15) is 0 Å². The highest BCUT2D eigenvalue weighted by Crippen LogP contribution is 2.29. The van der Waals surface area contributed by atoms with Gasteiger partial charge in [-0.25, -0.2) is 0 Å². The Kier molecular flexibility index (Phi) is 5.50. The van der Waals surface area contributed by atoms with E-state index in [4.69, 9.17) is 21.6 Å². The number of rotatable bonds is 8. The van der Waals surface area contributed by atoms with E-state index in [0.717, 1.165) is 35.7 Å². The van der Waals surface area contributed by atoms with Gasteiger partial charge >= 0.3 is 0 Å². The van der Waals surface area contributed by atoms with Gasteiger partial charge in [0.15, 0.2) is 0 Å². The maximum Gasteiger partial charge on any atom is 0.125 e. The first-order chi connectivity index (χ1) is 10.0. The van der Waals surface area contributed by atoms with Crippen molar-refractivity contribution in [3.05, 3.63) is 28.8 Å². The Hall–Kier alpha value is -1.24. The average Bonchev–Trinajstić information content (AvgIpc) is 3.27. The van der Waals surface area contributed by atoms with Crippen molar-refractivity contribution < 1.29 is 4.74 Å². The summed E-state index contributed by atoms with van der Waals surface area (Å²) in [4.78, 5) is 0. The molecular formula is C17H23ClN2O. The molecule has 114 valence electrons. The quantitative estimate of drug-likeness (QED) is 0.728. The Morgan fingerprint density at radius 3 is 2.86 bits per heavy atom. The average molecular weight is 307 g/mol. The highest BCUT2D eigenvalue weighted by atomic mass is 35.5. The molecule has 1 aliphatic carbocycles. The minimum atomic E-state index is -0.284. The third kappa shape index (κ3) is 5.22. The van der Waals surface area contributed by atoms with Crippen molar-refractivity contribution in [1.29, 1.82) is 5.26 Å². The number of hydrogen-bond donors (Lipinski definition) is 1. The van der Waals surface area contributed by atoms with Crippen LogP contribution in [0.2, 0.25) is 5.02 Å². The smallest absolute Gasteiger partial charge is 0.125 e. The lowest BCUT2D eigenvalue weighted by Crippen LogP contribution is -2.17. The normalized spacial score (nSPS) is 14.8. The fraction of sp³-hybridized carbons (Fsp3) is 0.588. The summed E-state index contributed by atoms with van der Waals surface area (Å²) in [5, 5.41) is 13.2. The molecule has 0 spiro atoms. The van der Waals surface area contributed by atoms with E-state index in [1.807, 2.05) is 32.0 Å². The summed E-state index contributed by atoms with van der Waals surface area (Å²) < 4.78 is 5.88. The van der Waals surface area contributed by atoms with Gasteiger partial charge in [0.25, 0.3) is 0 Å². The number of nitrogens with one attached hydrogen (secondary N) is 1. The van der Waals surface area contributed by atoms with Gasteiger partial charge < -0.3 is 10.1 Å². The topological polar surface area (TPSA) is 45.0 Å². The third-order valence-corrected chi connectivity index (χ3v) is 4.08. The minimum absolute atomic E-state index is 0.284. The molecule has 1 aliphatic rings. The van der Waals surface area contributed by atoms with E-state index >= 15 is 0 Å². The fourth-order valence-electron chi connectivity index (χ4n) is 2.13. The third-order valence-electron chi connectivity index (χ3n) is 3.73. The van der Waals surface area contributed by atoms with Crippen LogP contribution in [0.5, 0.6) is 5.75 Å². The Morgan fingerprint density at radius 1 is 1.43 bits per heavy atom. The van der Waals surface area contributed by atoms with Gasteiger partial charge in [0, 0.05) is 23.2 Å². The summed E-state index contributed by atoms with van der Waals surface area (Å²) in [6, 6.07) is 8.74. The van der Waals surface area contributed by atoms with Crippen molar-refractivity contribution in [3.8, 4) is 11.8 Å². The zero-order valence-corrected chi connectivity index (χ0v) is 13.5. The van der Waals surface area contributed by atoms with Gasteiger partial charge in [-0.3, -0.25) is 0 Å². The maximum atomic E-state index is 9.00. The first-order valence-corrected chi connectivity index (χ1v) is 7.94. The summed E-state index contributed by atoms with van der Waals surface area (Å²) in [5.41, 5.74) is 0.749. The van der Waals surface area contributed by atoms with Crippen LogP contribution in [0.1, 0.15) is 45.1 Å². The summed E-state index contributed by atoms with van der Waals surface area (Å²) in [7, 11) is 0. The van der Waals surface area contributed by atoms with Gasteiger partial charge in [-0.05, 0) is 51.7 Å². The van der Waals surface area contributed by atoms with Crippen molar-refractivity contribution >= 4 is 11.6 Å². The molecular weight excluding hydrogens is 284 g/mol. The zero-order chi connectivity index (χ0) is 15.3. The first kappa shape index (κ1) is 16.1. The summed E-state index contributed by atoms with van der Waals surface area (Å²) in [6.45, 7) is 5.28. The van der Waals surface area contributed by atoms with Crippen LogP contribution in [0.4, 0.5) is 0 Å². The van der Waals surface area contributed by atoms with Crippen molar-refractivity contribution in [2.24, 2.45) is 5.41 Å². The molecule has 0 aliphatic heterocycles. The van der Waals surface area contributed by atoms with Crippen molar-refractivity contribution in [1.82, 2.24) is 5.32 Å². The Labute approximate surface area is 132 Å². The Bertz CT molecular complexity index is 518. The Morgan fingerprint density at radius 2 is 2.19 bits per heavy atom. The molecule has 2 rings (SSSR count). The van der Waals surface area contributed by atoms with Crippen molar-refractivity contribution in [3.63, 3.8) is 0 Å². The molecule has 1 aromatic carbocycles. The highest BCUT2D eigenvalue weighted by Gasteiger charge is 2.21. The summed E-state index contributed by atoms with van der Waals surface area (Å²) in [5.74, 6) is 0.852. The second-order valence-corrected chi connectivity index (χ2v) is 6.73. The van der Waals surface area contributed by atoms with Crippen molar-refractivity contribution in [2.45, 2.75) is 52.1 Å². The Balaban J connectivity index is 1.86. The largest absolute Gasteiger partial charge is 0.493 e. The van der Waals surface area contributed by atoms with Crippen LogP contribution in [0, 0.1) is 16.7 Å². The second kappa shape index (κ2) is 7.15. The number of hydrogen-bond acceptors (Lipinski definition) is 3. The fourth-order valence-corrected chi connectivity index (χ4v) is 2.36. The van der Waals surface area contributed by atoms with E-state index in [0.29, 0.717) is 12.6 Å². The maximum absolute atomic E-state index is 9.00. The van der Waals surface area contributed by atoms with E-state index in [2.05, 4.69) is 11.4 Å². The van der Waals surface area contributed by atoms with Crippen LogP contribution >= 0.6 is 11.6 Å². The first-order valence-electron chi connectivity index (χ1n) is 7.57. The van der Waals surface area contributed by atoms with E-state index < -0.39 is 0 Å². The minimum Gasteiger partial charge on any atom is -0.493 e. The lowest BCUT2D eigenvalue weighted by molar-refractivity contribution is 0.281. The lowest BCUT2D eigenvalue weighted by atomic mass is 9.90. The molecule has 0 aromatic heterocycles. The predicted molar refractivity (Wildman–Crippen MR) is 85.4 cm³/mol. The van der Waals surface area contributed by atoms with Crippen LogP contribution in [-0.2, 0) is 6.54 Å². The molecule has 4 heteroatoms. The predicted octanol–water partition coefficient (Wildman–Crippen LogP) is 4.30. The van der Waals surface area contributed by atoms with Crippen LogP contribution in [0.25, 0.3) is 0 Å². The molecule has 0 saturated heterocycles.